The minimum atomic E-state index is 0.714. The molecule has 2 heterocycles. The average molecular weight is 255 g/mol. The van der Waals surface area contributed by atoms with Crippen LogP contribution in [0.15, 0.2) is 6.07 Å². The quantitative estimate of drug-likeness (QED) is 0.765. The zero-order valence-corrected chi connectivity index (χ0v) is 11.2. The molecule has 0 bridgehead atoms. The molecule has 0 aromatic carbocycles. The van der Waals surface area contributed by atoms with Crippen molar-refractivity contribution in [2.24, 2.45) is 0 Å². The molecule has 94 valence electrons. The number of hydrogen-bond acceptors (Lipinski definition) is 4. The number of aromatic nitrogens is 2. The minimum Gasteiger partial charge on any atom is -0.354 e. The first kappa shape index (κ1) is 12.6. The van der Waals surface area contributed by atoms with Crippen LogP contribution >= 0.6 is 11.6 Å². The van der Waals surface area contributed by atoms with E-state index in [4.69, 9.17) is 11.6 Å². The number of anilines is 1. The second-order valence-electron chi connectivity index (χ2n) is 4.43. The van der Waals surface area contributed by atoms with E-state index in [-0.39, 0.29) is 0 Å². The van der Waals surface area contributed by atoms with Crippen LogP contribution in [0, 0.1) is 13.8 Å². The van der Waals surface area contributed by atoms with E-state index in [1.807, 2.05) is 13.8 Å². The van der Waals surface area contributed by atoms with Gasteiger partial charge >= 0.3 is 0 Å². The smallest absolute Gasteiger partial charge is 0.132 e. The Morgan fingerprint density at radius 2 is 1.88 bits per heavy atom. The molecule has 0 radical (unpaired) electrons. The molecule has 1 aromatic rings. The van der Waals surface area contributed by atoms with Gasteiger partial charge in [-0.25, -0.2) is 9.97 Å². The minimum absolute atomic E-state index is 0.714. The van der Waals surface area contributed by atoms with E-state index in [1.165, 1.54) is 0 Å². The Labute approximate surface area is 108 Å². The summed E-state index contributed by atoms with van der Waals surface area (Å²) in [6.07, 6.45) is 0. The molecule has 1 aliphatic heterocycles. The van der Waals surface area contributed by atoms with Gasteiger partial charge in [0.25, 0.3) is 0 Å². The van der Waals surface area contributed by atoms with E-state index < -0.39 is 0 Å². The maximum absolute atomic E-state index is 5.75. The van der Waals surface area contributed by atoms with Crippen LogP contribution < -0.4 is 4.90 Å². The maximum Gasteiger partial charge on any atom is 0.132 e. The van der Waals surface area contributed by atoms with Crippen LogP contribution in [0.3, 0.4) is 0 Å². The third kappa shape index (κ3) is 3.30. The SMILES string of the molecule is Cc1cc(N2CCN(CCCl)CC2)nc(C)n1. The van der Waals surface area contributed by atoms with Gasteiger partial charge in [-0.15, -0.1) is 11.6 Å². The fraction of sp³-hybridized carbons (Fsp3) is 0.667. The Hall–Kier alpha value is -0.870. The summed E-state index contributed by atoms with van der Waals surface area (Å²) < 4.78 is 0. The highest BCUT2D eigenvalue weighted by Gasteiger charge is 2.17. The van der Waals surface area contributed by atoms with Gasteiger partial charge in [0.05, 0.1) is 0 Å². The predicted molar refractivity (Wildman–Crippen MR) is 70.9 cm³/mol. The third-order valence-electron chi connectivity index (χ3n) is 3.05. The van der Waals surface area contributed by atoms with E-state index in [1.54, 1.807) is 0 Å². The number of hydrogen-bond donors (Lipinski definition) is 0. The average Bonchev–Trinajstić information content (AvgIpc) is 2.29. The number of piperazine rings is 1. The van der Waals surface area contributed by atoms with Crippen molar-refractivity contribution in [2.45, 2.75) is 13.8 Å². The Kier molecular flexibility index (Phi) is 4.18. The highest BCUT2D eigenvalue weighted by Crippen LogP contribution is 2.14. The van der Waals surface area contributed by atoms with Crippen LogP contribution in [0.1, 0.15) is 11.5 Å². The zero-order valence-electron chi connectivity index (χ0n) is 10.5. The summed E-state index contributed by atoms with van der Waals surface area (Å²) in [6, 6.07) is 2.06. The number of aryl methyl sites for hydroxylation is 2. The molecule has 0 saturated carbocycles. The Balaban J connectivity index is 2.00. The molecule has 5 heteroatoms. The van der Waals surface area contributed by atoms with Gasteiger partial charge in [-0.1, -0.05) is 0 Å². The molecule has 0 atom stereocenters. The predicted octanol–water partition coefficient (Wildman–Crippen LogP) is 1.45. The highest BCUT2D eigenvalue weighted by atomic mass is 35.5. The van der Waals surface area contributed by atoms with Gasteiger partial charge in [0.15, 0.2) is 0 Å². The molecular weight excluding hydrogens is 236 g/mol. The molecule has 2 rings (SSSR count). The lowest BCUT2D eigenvalue weighted by molar-refractivity contribution is 0.272. The molecule has 17 heavy (non-hydrogen) atoms. The first-order chi connectivity index (χ1) is 8.19. The monoisotopic (exact) mass is 254 g/mol. The van der Waals surface area contributed by atoms with E-state index in [0.29, 0.717) is 5.88 Å². The molecule has 4 nitrogen and oxygen atoms in total. The van der Waals surface area contributed by atoms with Crippen molar-refractivity contribution in [3.63, 3.8) is 0 Å². The third-order valence-corrected chi connectivity index (χ3v) is 3.22. The lowest BCUT2D eigenvalue weighted by Gasteiger charge is -2.35. The van der Waals surface area contributed by atoms with Gasteiger partial charge in [0.2, 0.25) is 0 Å². The van der Waals surface area contributed by atoms with Gasteiger partial charge in [-0.2, -0.15) is 0 Å². The van der Waals surface area contributed by atoms with Crippen molar-refractivity contribution in [3.8, 4) is 0 Å². The topological polar surface area (TPSA) is 32.3 Å². The summed E-state index contributed by atoms with van der Waals surface area (Å²) in [5, 5.41) is 0. The summed E-state index contributed by atoms with van der Waals surface area (Å²) in [4.78, 5) is 13.5. The van der Waals surface area contributed by atoms with E-state index in [9.17, 15) is 0 Å². The highest BCUT2D eigenvalue weighted by molar-refractivity contribution is 6.18. The molecule has 0 spiro atoms. The molecule has 0 aliphatic carbocycles. The van der Waals surface area contributed by atoms with Crippen LogP contribution in [0.4, 0.5) is 5.82 Å². The second-order valence-corrected chi connectivity index (χ2v) is 4.81. The van der Waals surface area contributed by atoms with Crippen LogP contribution in [0.5, 0.6) is 0 Å². The Bertz CT molecular complexity index is 355. The normalized spacial score (nSPS) is 17.5. The van der Waals surface area contributed by atoms with Crippen molar-refractivity contribution in [3.05, 3.63) is 17.6 Å². The summed E-state index contributed by atoms with van der Waals surface area (Å²) in [7, 11) is 0. The van der Waals surface area contributed by atoms with Crippen molar-refractivity contribution in [1.29, 1.82) is 0 Å². The zero-order chi connectivity index (χ0) is 12.3. The van der Waals surface area contributed by atoms with Crippen molar-refractivity contribution in [1.82, 2.24) is 14.9 Å². The fourth-order valence-corrected chi connectivity index (χ4v) is 2.42. The van der Waals surface area contributed by atoms with Crippen LogP contribution in [0.25, 0.3) is 0 Å². The van der Waals surface area contributed by atoms with E-state index in [2.05, 4.69) is 25.8 Å². The van der Waals surface area contributed by atoms with Crippen molar-refractivity contribution in [2.75, 3.05) is 43.5 Å². The lowest BCUT2D eigenvalue weighted by Crippen LogP contribution is -2.47. The number of alkyl halides is 1. The first-order valence-corrected chi connectivity index (χ1v) is 6.58. The largest absolute Gasteiger partial charge is 0.354 e. The van der Waals surface area contributed by atoms with Crippen molar-refractivity contribution < 1.29 is 0 Å². The van der Waals surface area contributed by atoms with Crippen LogP contribution in [-0.4, -0.2) is 53.5 Å². The standard InChI is InChI=1S/C12H19ClN4/c1-10-9-12(15-11(2)14-10)17-7-5-16(4-3-13)6-8-17/h9H,3-8H2,1-2H3. The number of halogens is 1. The van der Waals surface area contributed by atoms with Crippen LogP contribution in [-0.2, 0) is 0 Å². The lowest BCUT2D eigenvalue weighted by atomic mass is 10.3. The van der Waals surface area contributed by atoms with Crippen molar-refractivity contribution >= 4 is 17.4 Å². The van der Waals surface area contributed by atoms with E-state index >= 15 is 0 Å². The molecule has 1 aromatic heterocycles. The summed E-state index contributed by atoms with van der Waals surface area (Å²) in [6.45, 7) is 9.11. The Morgan fingerprint density at radius 1 is 1.18 bits per heavy atom. The van der Waals surface area contributed by atoms with Gasteiger partial charge in [-0.05, 0) is 13.8 Å². The van der Waals surface area contributed by atoms with Gasteiger partial charge in [0, 0.05) is 50.4 Å². The maximum atomic E-state index is 5.75. The van der Waals surface area contributed by atoms with Gasteiger partial charge in [0.1, 0.15) is 11.6 Å². The second kappa shape index (κ2) is 5.65. The van der Waals surface area contributed by atoms with Gasteiger partial charge < -0.3 is 4.90 Å². The molecule has 1 aliphatic rings. The molecule has 1 saturated heterocycles. The summed E-state index contributed by atoms with van der Waals surface area (Å²) in [5.74, 6) is 2.62. The summed E-state index contributed by atoms with van der Waals surface area (Å²) in [5.41, 5.74) is 1.04. The van der Waals surface area contributed by atoms with E-state index in [0.717, 1.165) is 50.1 Å². The molecule has 1 fully saturated rings. The van der Waals surface area contributed by atoms with Crippen LogP contribution in [0.2, 0.25) is 0 Å². The molecule has 0 amide bonds. The summed E-state index contributed by atoms with van der Waals surface area (Å²) >= 11 is 5.75. The molecule has 0 unspecified atom stereocenters. The Morgan fingerprint density at radius 3 is 2.47 bits per heavy atom. The number of rotatable bonds is 3. The first-order valence-electron chi connectivity index (χ1n) is 6.04. The number of nitrogens with zero attached hydrogens (tertiary/aromatic N) is 4. The molecular formula is C12H19ClN4. The molecule has 0 N–H and O–H groups in total. The van der Waals surface area contributed by atoms with Gasteiger partial charge in [-0.3, -0.25) is 4.90 Å². The fourth-order valence-electron chi connectivity index (χ4n) is 2.18.